The van der Waals surface area contributed by atoms with Crippen molar-refractivity contribution < 1.29 is 4.79 Å². The van der Waals surface area contributed by atoms with Crippen LogP contribution >= 0.6 is 46.6 Å². The topological polar surface area (TPSA) is 54.9 Å². The highest BCUT2D eigenvalue weighted by atomic mass is 32.2. The highest BCUT2D eigenvalue weighted by Crippen LogP contribution is 2.36. The number of para-hydroxylation sites is 1. The lowest BCUT2D eigenvalue weighted by atomic mass is 10.3. The number of pyridine rings is 1. The fraction of sp³-hybridized carbons (Fsp3) is 0.316. The minimum Gasteiger partial charge on any atom is -0.322 e. The maximum absolute atomic E-state index is 12.6. The number of hydrogen-bond acceptors (Lipinski definition) is 7. The van der Waals surface area contributed by atoms with E-state index in [-0.39, 0.29) is 5.91 Å². The summed E-state index contributed by atoms with van der Waals surface area (Å²) in [5, 5.41) is 3.99. The number of thioether (sulfide) groups is 3. The number of benzene rings is 1. The van der Waals surface area contributed by atoms with E-state index in [0.29, 0.717) is 5.75 Å². The Morgan fingerprint density at radius 1 is 1.11 bits per heavy atom. The molecule has 0 spiro atoms. The molecule has 0 bridgehead atoms. The van der Waals surface area contributed by atoms with E-state index >= 15 is 0 Å². The number of hydrogen-bond donors (Lipinski definition) is 1. The summed E-state index contributed by atoms with van der Waals surface area (Å²) in [4.78, 5) is 22.9. The summed E-state index contributed by atoms with van der Waals surface area (Å²) in [5.41, 5.74) is 2.80. The molecule has 1 amide bonds. The number of aryl methyl sites for hydroxylation is 1. The van der Waals surface area contributed by atoms with Gasteiger partial charge in [0.2, 0.25) is 5.91 Å². The zero-order valence-electron chi connectivity index (χ0n) is 15.4. The standard InChI is InChI=1S/C19H21N3OS4/c1-4-24-15-10-12(3)20-18(25-5-2)17(15)22-16(23)11-26-19-21-13-8-6-7-9-14(13)27-19/h6-10H,4-5,11H2,1-3H3,(H,22,23). The molecule has 2 heterocycles. The summed E-state index contributed by atoms with van der Waals surface area (Å²) < 4.78 is 2.06. The van der Waals surface area contributed by atoms with E-state index in [2.05, 4.69) is 35.2 Å². The molecule has 2 aromatic heterocycles. The van der Waals surface area contributed by atoms with Gasteiger partial charge >= 0.3 is 0 Å². The Morgan fingerprint density at radius 3 is 2.63 bits per heavy atom. The van der Waals surface area contributed by atoms with Crippen molar-refractivity contribution in [3.8, 4) is 0 Å². The SMILES string of the molecule is CCSc1cc(C)nc(SCC)c1NC(=O)CSc1nc2ccccc2s1. The predicted octanol–water partition coefficient (Wildman–Crippen LogP) is 5.95. The molecule has 27 heavy (non-hydrogen) atoms. The van der Waals surface area contributed by atoms with Crippen LogP contribution in [0.15, 0.2) is 44.6 Å². The number of nitrogens with one attached hydrogen (secondary N) is 1. The highest BCUT2D eigenvalue weighted by Gasteiger charge is 2.16. The molecule has 8 heteroatoms. The van der Waals surface area contributed by atoms with Crippen LogP contribution in [0, 0.1) is 6.92 Å². The molecule has 0 aliphatic carbocycles. The summed E-state index contributed by atoms with van der Waals surface area (Å²) in [6.45, 7) is 6.20. The van der Waals surface area contributed by atoms with Gasteiger partial charge in [-0.05, 0) is 36.6 Å². The first-order chi connectivity index (χ1) is 13.1. The number of carbonyl (C=O) groups excluding carboxylic acids is 1. The van der Waals surface area contributed by atoms with E-state index < -0.39 is 0 Å². The lowest BCUT2D eigenvalue weighted by Gasteiger charge is -2.15. The van der Waals surface area contributed by atoms with Crippen LogP contribution in [0.4, 0.5) is 5.69 Å². The Bertz CT molecular complexity index is 882. The molecule has 0 aliphatic heterocycles. The van der Waals surface area contributed by atoms with Crippen molar-refractivity contribution >= 4 is 68.4 Å². The number of nitrogens with zero attached hydrogens (tertiary/aromatic N) is 2. The smallest absolute Gasteiger partial charge is 0.234 e. The number of rotatable bonds is 8. The van der Waals surface area contributed by atoms with Crippen LogP contribution in [0.1, 0.15) is 19.5 Å². The van der Waals surface area contributed by atoms with E-state index in [4.69, 9.17) is 0 Å². The maximum atomic E-state index is 12.6. The van der Waals surface area contributed by atoms with Crippen LogP contribution in [0.3, 0.4) is 0 Å². The van der Waals surface area contributed by atoms with Gasteiger partial charge in [0, 0.05) is 10.6 Å². The molecular formula is C19H21N3OS4. The molecule has 0 atom stereocenters. The zero-order valence-corrected chi connectivity index (χ0v) is 18.7. The van der Waals surface area contributed by atoms with E-state index in [9.17, 15) is 4.79 Å². The van der Waals surface area contributed by atoms with Crippen molar-refractivity contribution in [3.05, 3.63) is 36.0 Å². The van der Waals surface area contributed by atoms with Gasteiger partial charge in [-0.25, -0.2) is 9.97 Å². The van der Waals surface area contributed by atoms with Gasteiger partial charge in [0.05, 0.1) is 21.7 Å². The Morgan fingerprint density at radius 2 is 1.89 bits per heavy atom. The quantitative estimate of drug-likeness (QED) is 0.441. The molecule has 0 radical (unpaired) electrons. The van der Waals surface area contributed by atoms with Gasteiger partial charge in [-0.2, -0.15) is 0 Å². The predicted molar refractivity (Wildman–Crippen MR) is 121 cm³/mol. The second-order valence-corrected chi connectivity index (χ2v) is 10.4. The molecular weight excluding hydrogens is 414 g/mol. The number of amides is 1. The molecule has 4 nitrogen and oxygen atoms in total. The van der Waals surface area contributed by atoms with E-state index in [1.807, 2.05) is 31.2 Å². The van der Waals surface area contributed by atoms with Crippen molar-refractivity contribution in [2.24, 2.45) is 0 Å². The summed E-state index contributed by atoms with van der Waals surface area (Å²) in [5.74, 6) is 2.17. The van der Waals surface area contributed by atoms with Crippen molar-refractivity contribution in [2.45, 2.75) is 35.0 Å². The third-order valence-corrected chi connectivity index (χ3v) is 7.48. The maximum Gasteiger partial charge on any atom is 0.234 e. The molecule has 0 unspecified atom stereocenters. The Labute approximate surface area is 176 Å². The second-order valence-electron chi connectivity index (χ2n) is 5.59. The first-order valence-corrected chi connectivity index (χ1v) is 12.4. The average molecular weight is 436 g/mol. The van der Waals surface area contributed by atoms with Crippen molar-refractivity contribution in [2.75, 3.05) is 22.6 Å². The number of anilines is 1. The number of aromatic nitrogens is 2. The van der Waals surface area contributed by atoms with Gasteiger partial charge < -0.3 is 5.32 Å². The van der Waals surface area contributed by atoms with Crippen LogP contribution in [-0.2, 0) is 4.79 Å². The number of fused-ring (bicyclic) bond motifs is 1. The van der Waals surface area contributed by atoms with Crippen molar-refractivity contribution in [3.63, 3.8) is 0 Å². The van der Waals surface area contributed by atoms with Gasteiger partial charge in [-0.15, -0.1) is 34.9 Å². The largest absolute Gasteiger partial charge is 0.322 e. The fourth-order valence-electron chi connectivity index (χ4n) is 2.46. The third kappa shape index (κ3) is 5.40. The van der Waals surface area contributed by atoms with Crippen LogP contribution < -0.4 is 5.32 Å². The molecule has 0 saturated carbocycles. The third-order valence-electron chi connectivity index (χ3n) is 3.52. The van der Waals surface area contributed by atoms with Gasteiger partial charge in [-0.3, -0.25) is 4.79 Å². The van der Waals surface area contributed by atoms with Crippen molar-refractivity contribution in [1.82, 2.24) is 9.97 Å². The Kier molecular flexibility index (Phi) is 7.46. The second kappa shape index (κ2) is 9.82. The summed E-state index contributed by atoms with van der Waals surface area (Å²) in [6.07, 6.45) is 0. The van der Waals surface area contributed by atoms with Crippen LogP contribution in [0.25, 0.3) is 10.2 Å². The summed E-state index contributed by atoms with van der Waals surface area (Å²) >= 11 is 6.49. The molecule has 1 aromatic carbocycles. The lowest BCUT2D eigenvalue weighted by molar-refractivity contribution is -0.113. The minimum atomic E-state index is -0.0270. The van der Waals surface area contributed by atoms with Gasteiger partial charge in [0.15, 0.2) is 4.34 Å². The Balaban J connectivity index is 1.72. The molecule has 3 rings (SSSR count). The number of carbonyl (C=O) groups is 1. The van der Waals surface area contributed by atoms with E-state index in [1.165, 1.54) is 11.8 Å². The van der Waals surface area contributed by atoms with Crippen LogP contribution in [0.5, 0.6) is 0 Å². The number of thiazole rings is 1. The first kappa shape index (κ1) is 20.5. The molecule has 0 aliphatic rings. The average Bonchev–Trinajstić information content (AvgIpc) is 3.06. The fourth-order valence-corrected chi connectivity index (χ4v) is 6.03. The van der Waals surface area contributed by atoms with Gasteiger partial charge in [0.25, 0.3) is 0 Å². The Hall–Kier alpha value is -1.22. The molecule has 0 saturated heterocycles. The van der Waals surface area contributed by atoms with Crippen molar-refractivity contribution in [1.29, 1.82) is 0 Å². The van der Waals surface area contributed by atoms with Gasteiger partial charge in [-0.1, -0.05) is 37.7 Å². The lowest BCUT2D eigenvalue weighted by Crippen LogP contribution is -2.16. The first-order valence-electron chi connectivity index (χ1n) is 8.66. The highest BCUT2D eigenvalue weighted by molar-refractivity contribution is 8.01. The normalized spacial score (nSPS) is 11.1. The van der Waals surface area contributed by atoms with E-state index in [1.54, 1.807) is 34.9 Å². The molecule has 3 aromatic rings. The molecule has 0 fully saturated rings. The van der Waals surface area contributed by atoms with Crippen LogP contribution in [-0.4, -0.2) is 33.1 Å². The minimum absolute atomic E-state index is 0.0270. The monoisotopic (exact) mass is 435 g/mol. The van der Waals surface area contributed by atoms with E-state index in [0.717, 1.165) is 47.4 Å². The zero-order chi connectivity index (χ0) is 19.2. The van der Waals surface area contributed by atoms with Gasteiger partial charge in [0.1, 0.15) is 5.03 Å². The molecule has 142 valence electrons. The summed E-state index contributed by atoms with van der Waals surface area (Å²) in [7, 11) is 0. The summed E-state index contributed by atoms with van der Waals surface area (Å²) in [6, 6.07) is 10.1. The molecule has 1 N–H and O–H groups in total. The van der Waals surface area contributed by atoms with Crippen LogP contribution in [0.2, 0.25) is 0 Å².